The van der Waals surface area contributed by atoms with Gasteiger partial charge in [-0.05, 0) is 29.8 Å². The van der Waals surface area contributed by atoms with Crippen LogP contribution < -0.4 is 4.80 Å². The van der Waals surface area contributed by atoms with E-state index in [2.05, 4.69) is 4.99 Å². The van der Waals surface area contributed by atoms with Gasteiger partial charge in [0.25, 0.3) is 5.69 Å². The van der Waals surface area contributed by atoms with Gasteiger partial charge in [0.2, 0.25) is 0 Å². The molecule has 3 aromatic rings. The summed E-state index contributed by atoms with van der Waals surface area (Å²) in [7, 11) is 0. The van der Waals surface area contributed by atoms with Crippen LogP contribution in [0.1, 0.15) is 0 Å². The Bertz CT molecular complexity index is 905. The van der Waals surface area contributed by atoms with Crippen LogP contribution >= 0.6 is 28.3 Å². The maximum absolute atomic E-state index is 10.8. The van der Waals surface area contributed by atoms with Crippen LogP contribution in [0.3, 0.4) is 0 Å². The van der Waals surface area contributed by atoms with E-state index in [4.69, 9.17) is 0 Å². The van der Waals surface area contributed by atoms with E-state index >= 15 is 0 Å². The molecule has 6 nitrogen and oxygen atoms in total. The monoisotopic (exact) mass is 421 g/mol. The average molecular weight is 422 g/mol. The van der Waals surface area contributed by atoms with Crippen molar-refractivity contribution in [2.24, 2.45) is 4.99 Å². The van der Waals surface area contributed by atoms with Crippen LogP contribution in [0.15, 0.2) is 65.0 Å². The summed E-state index contributed by atoms with van der Waals surface area (Å²) < 4.78 is 1.92. The van der Waals surface area contributed by atoms with Gasteiger partial charge < -0.3 is 9.67 Å². The van der Waals surface area contributed by atoms with Gasteiger partial charge >= 0.3 is 0 Å². The molecule has 0 fully saturated rings. The first-order chi connectivity index (χ1) is 11.7. The highest BCUT2D eigenvalue weighted by molar-refractivity contribution is 8.93. The highest BCUT2D eigenvalue weighted by Crippen LogP contribution is 2.23. The van der Waals surface area contributed by atoms with Gasteiger partial charge in [-0.2, -0.15) is 0 Å². The molecule has 0 amide bonds. The molecule has 0 bridgehead atoms. The number of thiazole rings is 1. The predicted molar refractivity (Wildman–Crippen MR) is 103 cm³/mol. The van der Waals surface area contributed by atoms with Crippen LogP contribution in [0.4, 0.5) is 11.4 Å². The Morgan fingerprint density at radius 1 is 1.12 bits per heavy atom. The molecule has 0 aliphatic carbocycles. The van der Waals surface area contributed by atoms with E-state index in [1.165, 1.54) is 23.5 Å². The molecule has 0 radical (unpaired) electrons. The Hall–Kier alpha value is -2.29. The van der Waals surface area contributed by atoms with Crippen molar-refractivity contribution >= 4 is 39.7 Å². The third-order valence-corrected chi connectivity index (χ3v) is 4.34. The van der Waals surface area contributed by atoms with E-state index in [1.807, 2.05) is 40.3 Å². The number of para-hydroxylation sites is 1. The van der Waals surface area contributed by atoms with E-state index in [0.29, 0.717) is 6.54 Å². The number of halogens is 1. The molecule has 0 aliphatic heterocycles. The molecule has 0 atom stereocenters. The van der Waals surface area contributed by atoms with Crippen LogP contribution in [0.25, 0.3) is 11.3 Å². The van der Waals surface area contributed by atoms with Crippen molar-refractivity contribution in [1.82, 2.24) is 4.57 Å². The van der Waals surface area contributed by atoms with Crippen molar-refractivity contribution in [3.05, 3.63) is 74.9 Å². The van der Waals surface area contributed by atoms with E-state index in [1.54, 1.807) is 12.1 Å². The van der Waals surface area contributed by atoms with E-state index in [0.717, 1.165) is 21.7 Å². The van der Waals surface area contributed by atoms with Gasteiger partial charge in [-0.25, -0.2) is 4.99 Å². The Balaban J connectivity index is 0.00000225. The molecule has 130 valence electrons. The fourth-order valence-corrected chi connectivity index (χ4v) is 3.29. The first-order valence-electron chi connectivity index (χ1n) is 7.33. The number of hydrogen-bond acceptors (Lipinski definition) is 5. The lowest BCUT2D eigenvalue weighted by Gasteiger charge is -2.07. The second-order valence-corrected chi connectivity index (χ2v) is 5.87. The summed E-state index contributed by atoms with van der Waals surface area (Å²) in [5.41, 5.74) is 2.61. The number of nitrogens with zero attached hydrogens (tertiary/aromatic N) is 3. The predicted octanol–water partition coefficient (Wildman–Crippen LogP) is 3.93. The molecule has 8 heteroatoms. The number of non-ortho nitro benzene ring substituents is 1. The molecular formula is C17H16BrN3O3S. The summed E-state index contributed by atoms with van der Waals surface area (Å²) >= 11 is 1.47. The van der Waals surface area contributed by atoms with Crippen LogP contribution in [0.5, 0.6) is 0 Å². The molecule has 25 heavy (non-hydrogen) atoms. The number of aliphatic hydroxyl groups excluding tert-OH is 1. The lowest BCUT2D eigenvalue weighted by Crippen LogP contribution is -2.17. The zero-order chi connectivity index (χ0) is 16.9. The van der Waals surface area contributed by atoms with Crippen molar-refractivity contribution in [1.29, 1.82) is 0 Å². The number of nitro benzene ring substituents is 1. The van der Waals surface area contributed by atoms with Gasteiger partial charge in [0, 0.05) is 24.1 Å². The van der Waals surface area contributed by atoms with E-state index < -0.39 is 4.92 Å². The lowest BCUT2D eigenvalue weighted by atomic mass is 10.1. The van der Waals surface area contributed by atoms with Crippen molar-refractivity contribution in [3.63, 3.8) is 0 Å². The quantitative estimate of drug-likeness (QED) is 0.500. The maximum atomic E-state index is 10.8. The largest absolute Gasteiger partial charge is 0.395 e. The number of nitro groups is 1. The summed E-state index contributed by atoms with van der Waals surface area (Å²) in [6.45, 7) is 0.389. The molecule has 1 N–H and O–H groups in total. The minimum atomic E-state index is -0.421. The first kappa shape index (κ1) is 19.0. The molecular weight excluding hydrogens is 406 g/mol. The zero-order valence-corrected chi connectivity index (χ0v) is 15.6. The van der Waals surface area contributed by atoms with Gasteiger partial charge in [-0.3, -0.25) is 10.1 Å². The second kappa shape index (κ2) is 8.70. The summed E-state index contributed by atoms with van der Waals surface area (Å²) in [6.07, 6.45) is 0. The summed E-state index contributed by atoms with van der Waals surface area (Å²) in [4.78, 5) is 15.7. The van der Waals surface area contributed by atoms with Crippen LogP contribution in [0, 0.1) is 10.1 Å². The number of benzene rings is 2. The number of rotatable bonds is 5. The topological polar surface area (TPSA) is 80.7 Å². The Morgan fingerprint density at radius 3 is 2.40 bits per heavy atom. The molecule has 1 aromatic heterocycles. The number of aliphatic hydroxyl groups is 1. The standard InChI is InChI=1S/C17H15N3O3S.BrH/c21-11-10-19-16(13-6-8-15(9-7-13)20(22)23)12-24-17(19)18-14-4-2-1-3-5-14;/h1-9,12,21H,10-11H2;1H. The Morgan fingerprint density at radius 2 is 1.80 bits per heavy atom. The average Bonchev–Trinajstić information content (AvgIpc) is 2.99. The van der Waals surface area contributed by atoms with Crippen molar-refractivity contribution in [3.8, 4) is 11.3 Å². The zero-order valence-electron chi connectivity index (χ0n) is 13.1. The fraction of sp³-hybridized carbons (Fsp3) is 0.118. The van der Waals surface area contributed by atoms with E-state index in [9.17, 15) is 15.2 Å². The molecule has 0 unspecified atom stereocenters. The maximum Gasteiger partial charge on any atom is 0.269 e. The molecule has 3 rings (SSSR count). The van der Waals surface area contributed by atoms with Gasteiger partial charge in [-0.1, -0.05) is 18.2 Å². The van der Waals surface area contributed by atoms with Gasteiger partial charge in [-0.15, -0.1) is 28.3 Å². The molecule has 1 heterocycles. The summed E-state index contributed by atoms with van der Waals surface area (Å²) in [5.74, 6) is 0. The fourth-order valence-electron chi connectivity index (χ4n) is 2.33. The summed E-state index contributed by atoms with van der Waals surface area (Å²) in [6, 6.07) is 16.0. The third kappa shape index (κ3) is 4.41. The van der Waals surface area contributed by atoms with Crippen molar-refractivity contribution in [2.75, 3.05) is 6.61 Å². The van der Waals surface area contributed by atoms with Gasteiger partial charge in [0.15, 0.2) is 4.80 Å². The highest BCUT2D eigenvalue weighted by atomic mass is 79.9. The van der Waals surface area contributed by atoms with Crippen LogP contribution in [-0.2, 0) is 6.54 Å². The lowest BCUT2D eigenvalue weighted by molar-refractivity contribution is -0.384. The normalized spacial score (nSPS) is 11.2. The molecule has 0 saturated carbocycles. The highest BCUT2D eigenvalue weighted by Gasteiger charge is 2.10. The first-order valence-corrected chi connectivity index (χ1v) is 8.21. The van der Waals surface area contributed by atoms with E-state index in [-0.39, 0.29) is 29.3 Å². The second-order valence-electron chi connectivity index (χ2n) is 5.03. The molecule has 0 aliphatic rings. The van der Waals surface area contributed by atoms with Crippen LogP contribution in [-0.4, -0.2) is 21.2 Å². The Labute approximate surface area is 158 Å². The molecule has 2 aromatic carbocycles. The van der Waals surface area contributed by atoms with Gasteiger partial charge in [0.05, 0.1) is 22.9 Å². The van der Waals surface area contributed by atoms with Crippen molar-refractivity contribution < 1.29 is 10.0 Å². The molecule has 0 spiro atoms. The van der Waals surface area contributed by atoms with Gasteiger partial charge in [0.1, 0.15) is 0 Å². The smallest absolute Gasteiger partial charge is 0.269 e. The molecule has 0 saturated heterocycles. The minimum Gasteiger partial charge on any atom is -0.395 e. The third-order valence-electron chi connectivity index (χ3n) is 3.48. The summed E-state index contributed by atoms with van der Waals surface area (Å²) in [5, 5.41) is 22.1. The number of hydrogen-bond donors (Lipinski definition) is 1. The number of aromatic nitrogens is 1. The van der Waals surface area contributed by atoms with Crippen LogP contribution in [0.2, 0.25) is 0 Å². The SMILES string of the molecule is Br.O=[N+]([O-])c1ccc(-c2csc(=Nc3ccccc3)n2CCO)cc1. The Kier molecular flexibility index (Phi) is 6.63. The minimum absolute atomic E-state index is 0. The van der Waals surface area contributed by atoms with Crippen molar-refractivity contribution in [2.45, 2.75) is 6.54 Å².